The zero-order chi connectivity index (χ0) is 13.3. The second-order valence-electron chi connectivity index (χ2n) is 3.50. The Labute approximate surface area is 101 Å². The number of carbonyl (C=O) groups excluding carboxylic acids is 1. The lowest BCUT2D eigenvalue weighted by atomic mass is 10.2. The van der Waals surface area contributed by atoms with E-state index in [1.165, 1.54) is 14.0 Å². The largest absolute Gasteiger partial charge is 0.499 e. The zero-order valence-electron chi connectivity index (χ0n) is 9.72. The maximum Gasteiger partial charge on any atom is 0.382 e. The fourth-order valence-corrected chi connectivity index (χ4v) is 1.57. The van der Waals surface area contributed by atoms with Crippen molar-refractivity contribution in [1.82, 2.24) is 0 Å². The SMILES string of the molecule is COc1cccc2c(OC(C)=O)c(O)c(=O)oc12. The number of aromatic hydroxyl groups is 1. The summed E-state index contributed by atoms with van der Waals surface area (Å²) in [5.41, 5.74) is -0.887. The predicted molar refractivity (Wildman–Crippen MR) is 62.0 cm³/mol. The molecule has 2 rings (SSSR count). The standard InChI is InChI=1S/C12H10O6/c1-6(13)17-11-7-4-3-5-8(16-2)10(7)18-12(15)9(11)14/h3-5,14H,1-2H3. The molecule has 0 aliphatic rings. The molecule has 1 aromatic heterocycles. The van der Waals surface area contributed by atoms with Gasteiger partial charge in [0.05, 0.1) is 12.5 Å². The van der Waals surface area contributed by atoms with Crippen LogP contribution in [0.2, 0.25) is 0 Å². The lowest BCUT2D eigenvalue weighted by Gasteiger charge is -2.08. The normalized spacial score (nSPS) is 10.3. The molecule has 0 spiro atoms. The molecule has 18 heavy (non-hydrogen) atoms. The maximum absolute atomic E-state index is 11.4. The van der Waals surface area contributed by atoms with Gasteiger partial charge < -0.3 is 19.0 Å². The summed E-state index contributed by atoms with van der Waals surface area (Å²) in [7, 11) is 1.41. The molecule has 2 aromatic rings. The number of fused-ring (bicyclic) bond motifs is 1. The van der Waals surface area contributed by atoms with Gasteiger partial charge in [-0.25, -0.2) is 4.79 Å². The predicted octanol–water partition coefficient (Wildman–Crippen LogP) is 1.43. The van der Waals surface area contributed by atoms with Crippen LogP contribution in [0.4, 0.5) is 0 Å². The summed E-state index contributed by atoms with van der Waals surface area (Å²) < 4.78 is 14.8. The Morgan fingerprint density at radius 1 is 1.39 bits per heavy atom. The van der Waals surface area contributed by atoms with Crippen LogP contribution in [0.1, 0.15) is 6.92 Å². The van der Waals surface area contributed by atoms with Crippen molar-refractivity contribution in [3.8, 4) is 17.2 Å². The summed E-state index contributed by atoms with van der Waals surface area (Å²) in [4.78, 5) is 22.4. The summed E-state index contributed by atoms with van der Waals surface area (Å²) in [6.07, 6.45) is 0. The molecule has 0 aliphatic heterocycles. The second kappa shape index (κ2) is 4.40. The summed E-state index contributed by atoms with van der Waals surface area (Å²) in [6, 6.07) is 4.74. The van der Waals surface area contributed by atoms with E-state index in [2.05, 4.69) is 0 Å². The maximum atomic E-state index is 11.4. The van der Waals surface area contributed by atoms with E-state index in [1.54, 1.807) is 18.2 Å². The number of hydrogen-bond acceptors (Lipinski definition) is 6. The van der Waals surface area contributed by atoms with Gasteiger partial charge >= 0.3 is 11.6 Å². The number of ether oxygens (including phenoxy) is 2. The van der Waals surface area contributed by atoms with Crippen LogP contribution >= 0.6 is 0 Å². The molecule has 0 fully saturated rings. The highest BCUT2D eigenvalue weighted by Gasteiger charge is 2.18. The third-order valence-corrected chi connectivity index (χ3v) is 2.29. The molecule has 0 unspecified atom stereocenters. The Balaban J connectivity index is 2.85. The first-order valence-electron chi connectivity index (χ1n) is 5.05. The highest BCUT2D eigenvalue weighted by molar-refractivity contribution is 5.91. The number of esters is 1. The minimum Gasteiger partial charge on any atom is -0.499 e. The molecule has 0 radical (unpaired) electrons. The van der Waals surface area contributed by atoms with E-state index in [-0.39, 0.29) is 16.7 Å². The lowest BCUT2D eigenvalue weighted by molar-refractivity contribution is -0.131. The van der Waals surface area contributed by atoms with Crippen molar-refractivity contribution >= 4 is 16.9 Å². The molecule has 6 heteroatoms. The molecule has 0 saturated heterocycles. The van der Waals surface area contributed by atoms with Gasteiger partial charge in [0, 0.05) is 6.92 Å². The Morgan fingerprint density at radius 3 is 2.72 bits per heavy atom. The molecule has 0 atom stereocenters. The number of methoxy groups -OCH3 is 1. The molecule has 0 saturated carbocycles. The fraction of sp³-hybridized carbons (Fsp3) is 0.167. The third-order valence-electron chi connectivity index (χ3n) is 2.29. The topological polar surface area (TPSA) is 86.0 Å². The van der Waals surface area contributed by atoms with Gasteiger partial charge in [0.15, 0.2) is 17.1 Å². The number of benzene rings is 1. The number of rotatable bonds is 2. The van der Waals surface area contributed by atoms with Crippen molar-refractivity contribution in [2.75, 3.05) is 7.11 Å². The fourth-order valence-electron chi connectivity index (χ4n) is 1.57. The Hall–Kier alpha value is -2.50. The van der Waals surface area contributed by atoms with Crippen LogP contribution in [-0.4, -0.2) is 18.2 Å². The zero-order valence-corrected chi connectivity index (χ0v) is 9.72. The highest BCUT2D eigenvalue weighted by Crippen LogP contribution is 2.35. The first-order valence-corrected chi connectivity index (χ1v) is 5.05. The molecule has 0 bridgehead atoms. The molecule has 94 valence electrons. The van der Waals surface area contributed by atoms with Crippen molar-refractivity contribution in [3.63, 3.8) is 0 Å². The Morgan fingerprint density at radius 2 is 2.11 bits per heavy atom. The number of carbonyl (C=O) groups is 1. The monoisotopic (exact) mass is 250 g/mol. The minimum atomic E-state index is -0.997. The van der Waals surface area contributed by atoms with E-state index in [0.29, 0.717) is 5.75 Å². The number of para-hydroxylation sites is 1. The van der Waals surface area contributed by atoms with Crippen molar-refractivity contribution in [2.24, 2.45) is 0 Å². The van der Waals surface area contributed by atoms with Crippen molar-refractivity contribution < 1.29 is 23.8 Å². The molecule has 1 aromatic carbocycles. The van der Waals surface area contributed by atoms with Gasteiger partial charge in [0.25, 0.3) is 0 Å². The van der Waals surface area contributed by atoms with Gasteiger partial charge in [-0.1, -0.05) is 6.07 Å². The molecular weight excluding hydrogens is 240 g/mol. The molecule has 1 heterocycles. The van der Waals surface area contributed by atoms with Crippen LogP contribution in [0.25, 0.3) is 11.0 Å². The van der Waals surface area contributed by atoms with E-state index in [9.17, 15) is 14.7 Å². The van der Waals surface area contributed by atoms with Crippen LogP contribution < -0.4 is 15.1 Å². The lowest BCUT2D eigenvalue weighted by Crippen LogP contribution is -2.07. The van der Waals surface area contributed by atoms with Gasteiger partial charge in [-0.05, 0) is 12.1 Å². The Kier molecular flexibility index (Phi) is 2.93. The second-order valence-corrected chi connectivity index (χ2v) is 3.50. The van der Waals surface area contributed by atoms with Crippen LogP contribution in [0.5, 0.6) is 17.2 Å². The number of hydrogen-bond donors (Lipinski definition) is 1. The van der Waals surface area contributed by atoms with E-state index >= 15 is 0 Å². The van der Waals surface area contributed by atoms with Crippen LogP contribution in [0.15, 0.2) is 27.4 Å². The van der Waals surface area contributed by atoms with Gasteiger partial charge in [-0.3, -0.25) is 4.79 Å². The van der Waals surface area contributed by atoms with Gasteiger partial charge in [0.2, 0.25) is 5.75 Å². The van der Waals surface area contributed by atoms with Crippen molar-refractivity contribution in [1.29, 1.82) is 0 Å². The average Bonchev–Trinajstić information content (AvgIpc) is 2.34. The van der Waals surface area contributed by atoms with Crippen LogP contribution in [0, 0.1) is 0 Å². The Bertz CT molecular complexity index is 670. The molecule has 1 N–H and O–H groups in total. The molecule has 0 aliphatic carbocycles. The van der Waals surface area contributed by atoms with Gasteiger partial charge in [-0.2, -0.15) is 0 Å². The van der Waals surface area contributed by atoms with Crippen LogP contribution in [0.3, 0.4) is 0 Å². The average molecular weight is 250 g/mol. The molecular formula is C12H10O6. The van der Waals surface area contributed by atoms with E-state index in [1.807, 2.05) is 0 Å². The summed E-state index contributed by atoms with van der Waals surface area (Å²) in [6.45, 7) is 1.17. The summed E-state index contributed by atoms with van der Waals surface area (Å²) in [5.74, 6) is -1.32. The van der Waals surface area contributed by atoms with E-state index < -0.39 is 17.3 Å². The van der Waals surface area contributed by atoms with E-state index in [0.717, 1.165) is 0 Å². The minimum absolute atomic E-state index is 0.110. The molecule has 0 amide bonds. The van der Waals surface area contributed by atoms with Crippen LogP contribution in [-0.2, 0) is 4.79 Å². The van der Waals surface area contributed by atoms with Gasteiger partial charge in [-0.15, -0.1) is 0 Å². The van der Waals surface area contributed by atoms with Crippen molar-refractivity contribution in [2.45, 2.75) is 6.92 Å². The van der Waals surface area contributed by atoms with Gasteiger partial charge in [0.1, 0.15) is 0 Å². The quantitative estimate of drug-likeness (QED) is 0.641. The molecule has 6 nitrogen and oxygen atoms in total. The first-order chi connectivity index (χ1) is 8.54. The summed E-state index contributed by atoms with van der Waals surface area (Å²) in [5, 5.41) is 9.86. The van der Waals surface area contributed by atoms with Crippen molar-refractivity contribution in [3.05, 3.63) is 28.6 Å². The van der Waals surface area contributed by atoms with E-state index in [4.69, 9.17) is 13.9 Å². The first kappa shape index (κ1) is 12.0. The smallest absolute Gasteiger partial charge is 0.382 e. The summed E-state index contributed by atoms with van der Waals surface area (Å²) >= 11 is 0. The highest BCUT2D eigenvalue weighted by atomic mass is 16.5. The third kappa shape index (κ3) is 1.88.